The van der Waals surface area contributed by atoms with Crippen LogP contribution in [0.2, 0.25) is 10.4 Å². The van der Waals surface area contributed by atoms with E-state index in [1.165, 1.54) is 13.1 Å². The molecule has 158 valence electrons. The molecule has 0 spiro atoms. The van der Waals surface area contributed by atoms with Crippen LogP contribution < -0.4 is 9.57 Å². The molecule has 14 heteroatoms. The van der Waals surface area contributed by atoms with Crippen LogP contribution in [0.4, 0.5) is 5.69 Å². The van der Waals surface area contributed by atoms with Crippen molar-refractivity contribution in [3.05, 3.63) is 32.4 Å². The van der Waals surface area contributed by atoms with Gasteiger partial charge in [-0.05, 0) is 31.4 Å². The largest absolute Gasteiger partial charge is 0.472 e. The first-order chi connectivity index (χ1) is 14.3. The van der Waals surface area contributed by atoms with Gasteiger partial charge >= 0.3 is 17.5 Å². The fourth-order valence-corrected chi connectivity index (χ4v) is 3.12. The zero-order chi connectivity index (χ0) is 21.4. The van der Waals surface area contributed by atoms with Gasteiger partial charge in [-0.25, -0.2) is 14.5 Å². The SMILES string of the molecule is Cc1c([N+](=O)[O-])c(OCCCn2nc(Cl)c3cnc(Cl)nc32)nn1OC(=O)C1CC1. The number of aryl methyl sites for hydroxylation is 1. The van der Waals surface area contributed by atoms with E-state index in [1.807, 2.05) is 0 Å². The topological polar surface area (TPSA) is 140 Å². The first kappa shape index (κ1) is 20.3. The highest BCUT2D eigenvalue weighted by Gasteiger charge is 2.34. The average molecular weight is 456 g/mol. The molecule has 0 aromatic carbocycles. The van der Waals surface area contributed by atoms with Crippen molar-refractivity contribution in [1.29, 1.82) is 0 Å². The van der Waals surface area contributed by atoms with E-state index < -0.39 is 10.9 Å². The molecular weight excluding hydrogens is 441 g/mol. The van der Waals surface area contributed by atoms with Crippen LogP contribution in [0.5, 0.6) is 5.88 Å². The van der Waals surface area contributed by atoms with Gasteiger partial charge in [0.2, 0.25) is 5.28 Å². The van der Waals surface area contributed by atoms with Crippen molar-refractivity contribution in [2.24, 2.45) is 5.92 Å². The summed E-state index contributed by atoms with van der Waals surface area (Å²) in [6, 6.07) is 0. The predicted octanol–water partition coefficient (Wildman–Crippen LogP) is 2.38. The van der Waals surface area contributed by atoms with Gasteiger partial charge in [-0.1, -0.05) is 21.5 Å². The van der Waals surface area contributed by atoms with Gasteiger partial charge in [-0.15, -0.1) is 0 Å². The van der Waals surface area contributed by atoms with E-state index in [9.17, 15) is 14.9 Å². The zero-order valence-corrected chi connectivity index (χ0v) is 17.1. The highest BCUT2D eigenvalue weighted by Crippen LogP contribution is 2.32. The van der Waals surface area contributed by atoms with Gasteiger partial charge in [-0.2, -0.15) is 10.1 Å². The number of rotatable bonds is 8. The molecule has 3 heterocycles. The molecule has 3 aromatic rings. The van der Waals surface area contributed by atoms with Crippen LogP contribution in [-0.4, -0.2) is 47.2 Å². The van der Waals surface area contributed by atoms with E-state index in [-0.39, 0.29) is 40.2 Å². The molecule has 0 N–H and O–H groups in total. The minimum absolute atomic E-state index is 0.0638. The van der Waals surface area contributed by atoms with Crippen LogP contribution in [0.25, 0.3) is 11.0 Å². The van der Waals surface area contributed by atoms with Crippen molar-refractivity contribution in [1.82, 2.24) is 29.7 Å². The normalized spacial score (nSPS) is 13.6. The van der Waals surface area contributed by atoms with Crippen LogP contribution in [0.1, 0.15) is 25.0 Å². The molecule has 0 aliphatic heterocycles. The third-order valence-corrected chi connectivity index (χ3v) is 4.91. The number of nitro groups is 1. The van der Waals surface area contributed by atoms with Crippen LogP contribution in [-0.2, 0) is 11.3 Å². The number of ether oxygens (including phenoxy) is 1. The molecule has 0 unspecified atom stereocenters. The van der Waals surface area contributed by atoms with E-state index in [4.69, 9.17) is 32.8 Å². The molecule has 1 fully saturated rings. The van der Waals surface area contributed by atoms with E-state index in [0.717, 1.165) is 17.7 Å². The minimum Gasteiger partial charge on any atom is -0.472 e. The maximum absolute atomic E-state index is 11.8. The van der Waals surface area contributed by atoms with Crippen molar-refractivity contribution in [3.63, 3.8) is 0 Å². The van der Waals surface area contributed by atoms with Crippen molar-refractivity contribution in [2.75, 3.05) is 6.61 Å². The molecule has 12 nitrogen and oxygen atoms in total. The van der Waals surface area contributed by atoms with Gasteiger partial charge in [0.25, 0.3) is 0 Å². The lowest BCUT2D eigenvalue weighted by Crippen LogP contribution is -2.23. The second kappa shape index (κ2) is 8.03. The second-order valence-electron chi connectivity index (χ2n) is 6.65. The molecule has 30 heavy (non-hydrogen) atoms. The van der Waals surface area contributed by atoms with E-state index in [1.54, 1.807) is 4.68 Å². The molecule has 4 rings (SSSR count). The first-order valence-electron chi connectivity index (χ1n) is 8.98. The molecule has 1 aliphatic rings. The molecular formula is C16H15Cl2N7O5. The second-order valence-corrected chi connectivity index (χ2v) is 7.34. The van der Waals surface area contributed by atoms with Gasteiger partial charge in [0.1, 0.15) is 0 Å². The van der Waals surface area contributed by atoms with Crippen molar-refractivity contribution < 1.29 is 19.3 Å². The number of halogens is 2. The summed E-state index contributed by atoms with van der Waals surface area (Å²) in [5, 5.41) is 20.4. The fraction of sp³-hybridized carbons (Fsp3) is 0.438. The summed E-state index contributed by atoms with van der Waals surface area (Å²) >= 11 is 11.9. The molecule has 1 saturated carbocycles. The first-order valence-corrected chi connectivity index (χ1v) is 9.74. The molecule has 0 radical (unpaired) electrons. The zero-order valence-electron chi connectivity index (χ0n) is 15.6. The molecule has 1 aliphatic carbocycles. The van der Waals surface area contributed by atoms with Gasteiger partial charge in [0.15, 0.2) is 16.5 Å². The number of nitrogens with zero attached hydrogens (tertiary/aromatic N) is 7. The Kier molecular flexibility index (Phi) is 5.43. The maximum Gasteiger partial charge on any atom is 0.356 e. The van der Waals surface area contributed by atoms with Crippen molar-refractivity contribution >= 4 is 45.9 Å². The summed E-state index contributed by atoms with van der Waals surface area (Å²) in [4.78, 5) is 36.5. The molecule has 0 saturated heterocycles. The predicted molar refractivity (Wildman–Crippen MR) is 103 cm³/mol. The Hall–Kier alpha value is -2.99. The number of fused-ring (bicyclic) bond motifs is 1. The van der Waals surface area contributed by atoms with Crippen molar-refractivity contribution in [3.8, 4) is 5.88 Å². The third kappa shape index (κ3) is 4.00. The number of hydrogen-bond donors (Lipinski definition) is 0. The monoisotopic (exact) mass is 455 g/mol. The highest BCUT2D eigenvalue weighted by molar-refractivity contribution is 6.34. The number of carbonyl (C=O) groups is 1. The minimum atomic E-state index is -0.626. The van der Waals surface area contributed by atoms with Gasteiger partial charge in [0, 0.05) is 19.2 Å². The molecule has 0 bridgehead atoms. The standard InChI is InChI=1S/C16H15Cl2N7O5/c1-8-11(25(27)28)14(22-24(8)30-15(26)9-3-4-9)29-6-2-5-23-13-10(12(17)21-23)7-19-16(18)20-13/h7,9H,2-6H2,1H3. The quantitative estimate of drug-likeness (QED) is 0.216. The molecule has 0 atom stereocenters. The lowest BCUT2D eigenvalue weighted by molar-refractivity contribution is -0.386. The lowest BCUT2D eigenvalue weighted by Gasteiger charge is -2.04. The number of aromatic nitrogens is 6. The summed E-state index contributed by atoms with van der Waals surface area (Å²) in [7, 11) is 0. The van der Waals surface area contributed by atoms with Gasteiger partial charge in [0.05, 0.1) is 22.8 Å². The fourth-order valence-electron chi connectivity index (χ4n) is 2.77. The van der Waals surface area contributed by atoms with Gasteiger partial charge < -0.3 is 9.57 Å². The molecule has 0 amide bonds. The average Bonchev–Trinajstić information content (AvgIpc) is 3.44. The summed E-state index contributed by atoms with van der Waals surface area (Å²) in [6.45, 7) is 1.88. The Bertz CT molecular complexity index is 1140. The third-order valence-electron chi connectivity index (χ3n) is 4.45. The smallest absolute Gasteiger partial charge is 0.356 e. The Morgan fingerprint density at radius 2 is 2.13 bits per heavy atom. The Morgan fingerprint density at radius 1 is 1.37 bits per heavy atom. The van der Waals surface area contributed by atoms with E-state index in [0.29, 0.717) is 24.0 Å². The Labute approximate surface area is 178 Å². The van der Waals surface area contributed by atoms with Crippen LogP contribution in [0, 0.1) is 23.0 Å². The summed E-state index contributed by atoms with van der Waals surface area (Å²) in [5.74, 6) is -0.870. The lowest BCUT2D eigenvalue weighted by atomic mass is 10.4. The van der Waals surface area contributed by atoms with E-state index in [2.05, 4.69) is 20.2 Å². The Balaban J connectivity index is 1.43. The summed E-state index contributed by atoms with van der Waals surface area (Å²) in [5.41, 5.74) is 0.184. The maximum atomic E-state index is 11.8. The van der Waals surface area contributed by atoms with Crippen LogP contribution in [0.15, 0.2) is 6.20 Å². The number of hydrogen-bond acceptors (Lipinski definition) is 9. The Morgan fingerprint density at radius 3 is 2.83 bits per heavy atom. The van der Waals surface area contributed by atoms with E-state index >= 15 is 0 Å². The number of carbonyl (C=O) groups excluding carboxylic acids is 1. The van der Waals surface area contributed by atoms with Crippen LogP contribution in [0.3, 0.4) is 0 Å². The van der Waals surface area contributed by atoms with Crippen LogP contribution >= 0.6 is 23.2 Å². The summed E-state index contributed by atoms with van der Waals surface area (Å²) < 4.78 is 7.03. The highest BCUT2D eigenvalue weighted by atomic mass is 35.5. The van der Waals surface area contributed by atoms with Crippen molar-refractivity contribution in [2.45, 2.75) is 32.7 Å². The molecule has 3 aromatic heterocycles. The summed E-state index contributed by atoms with van der Waals surface area (Å²) in [6.07, 6.45) is 3.38. The van der Waals surface area contributed by atoms with Gasteiger partial charge in [-0.3, -0.25) is 10.1 Å².